The van der Waals surface area contributed by atoms with Crippen LogP contribution in [0.25, 0.3) is 0 Å². The lowest BCUT2D eigenvalue weighted by Gasteiger charge is -2.16. The molecule has 0 heterocycles. The van der Waals surface area contributed by atoms with Crippen LogP contribution in [-0.2, 0) is 11.2 Å². The monoisotopic (exact) mass is 424 g/mol. The van der Waals surface area contributed by atoms with Crippen molar-refractivity contribution in [2.75, 3.05) is 0 Å². The third kappa shape index (κ3) is 4.68. The second-order valence-electron chi connectivity index (χ2n) is 4.78. The molecule has 6 heteroatoms. The first-order valence-electron chi connectivity index (χ1n) is 6.56. The molecular weight excluding hydrogens is 412 g/mol. The molecule has 0 aromatic heterocycles. The van der Waals surface area contributed by atoms with Gasteiger partial charge in [0, 0.05) is 20.9 Å². The summed E-state index contributed by atoms with van der Waals surface area (Å²) in [7, 11) is 0. The Bertz CT molecular complexity index is 670. The molecule has 2 aromatic rings. The number of amides is 2. The maximum atomic E-state index is 12.3. The molecule has 0 aliphatic heterocycles. The Kier molecular flexibility index (Phi) is 5.74. The molecule has 0 saturated heterocycles. The number of carbonyl (C=O) groups excluding carboxylic acids is 2. The summed E-state index contributed by atoms with van der Waals surface area (Å²) in [4.78, 5) is 23.9. The molecule has 2 aromatic carbocycles. The van der Waals surface area contributed by atoms with Gasteiger partial charge in [0.2, 0.25) is 5.91 Å². The molecular formula is C16H14Br2N2O2. The van der Waals surface area contributed by atoms with Crippen LogP contribution in [0.3, 0.4) is 0 Å². The van der Waals surface area contributed by atoms with Gasteiger partial charge in [-0.3, -0.25) is 9.59 Å². The lowest BCUT2D eigenvalue weighted by atomic mass is 10.0. The largest absolute Gasteiger partial charge is 0.368 e. The van der Waals surface area contributed by atoms with Crippen molar-refractivity contribution in [2.45, 2.75) is 12.5 Å². The number of nitrogens with two attached hydrogens (primary N) is 1. The fourth-order valence-electron chi connectivity index (χ4n) is 2.00. The van der Waals surface area contributed by atoms with E-state index in [1.807, 2.05) is 36.4 Å². The van der Waals surface area contributed by atoms with E-state index in [0.29, 0.717) is 12.0 Å². The van der Waals surface area contributed by atoms with Crippen molar-refractivity contribution in [3.63, 3.8) is 0 Å². The predicted octanol–water partition coefficient (Wildman–Crippen LogP) is 3.04. The van der Waals surface area contributed by atoms with E-state index in [1.54, 1.807) is 12.1 Å². The Morgan fingerprint density at radius 3 is 2.18 bits per heavy atom. The van der Waals surface area contributed by atoms with Gasteiger partial charge in [0.15, 0.2) is 0 Å². The Morgan fingerprint density at radius 2 is 1.64 bits per heavy atom. The Balaban J connectivity index is 2.13. The van der Waals surface area contributed by atoms with Crippen LogP contribution in [0.5, 0.6) is 0 Å². The van der Waals surface area contributed by atoms with Gasteiger partial charge in [0.05, 0.1) is 0 Å². The molecule has 114 valence electrons. The van der Waals surface area contributed by atoms with Crippen LogP contribution in [-0.4, -0.2) is 17.9 Å². The molecule has 0 unspecified atom stereocenters. The van der Waals surface area contributed by atoms with Crippen molar-refractivity contribution in [3.8, 4) is 0 Å². The zero-order valence-corrected chi connectivity index (χ0v) is 14.7. The fraction of sp³-hybridized carbons (Fsp3) is 0.125. The summed E-state index contributed by atoms with van der Waals surface area (Å²) in [5, 5.41) is 2.68. The van der Waals surface area contributed by atoms with Gasteiger partial charge < -0.3 is 11.1 Å². The van der Waals surface area contributed by atoms with Gasteiger partial charge in [0.1, 0.15) is 6.04 Å². The number of rotatable bonds is 5. The summed E-state index contributed by atoms with van der Waals surface area (Å²) in [6, 6.07) is 13.8. The Labute approximate surface area is 145 Å². The van der Waals surface area contributed by atoms with Crippen molar-refractivity contribution in [3.05, 3.63) is 68.6 Å². The van der Waals surface area contributed by atoms with E-state index in [1.165, 1.54) is 0 Å². The van der Waals surface area contributed by atoms with Gasteiger partial charge in [-0.1, -0.05) is 62.2 Å². The molecule has 4 nitrogen and oxygen atoms in total. The fourth-order valence-corrected chi connectivity index (χ4v) is 3.29. The zero-order valence-electron chi connectivity index (χ0n) is 11.6. The minimum atomic E-state index is -0.757. The molecule has 22 heavy (non-hydrogen) atoms. The van der Waals surface area contributed by atoms with Crippen LogP contribution in [0.1, 0.15) is 15.9 Å². The molecule has 0 aliphatic rings. The van der Waals surface area contributed by atoms with Crippen molar-refractivity contribution in [2.24, 2.45) is 5.73 Å². The molecule has 0 saturated carbocycles. The molecule has 2 rings (SSSR count). The quantitative estimate of drug-likeness (QED) is 0.772. The third-order valence-corrected chi connectivity index (χ3v) is 3.97. The highest BCUT2D eigenvalue weighted by Gasteiger charge is 2.19. The highest BCUT2D eigenvalue weighted by Crippen LogP contribution is 2.20. The van der Waals surface area contributed by atoms with E-state index in [2.05, 4.69) is 37.2 Å². The number of benzene rings is 2. The van der Waals surface area contributed by atoms with Crippen LogP contribution in [0.4, 0.5) is 0 Å². The van der Waals surface area contributed by atoms with E-state index in [-0.39, 0.29) is 5.91 Å². The first kappa shape index (κ1) is 16.7. The number of hydrogen-bond donors (Lipinski definition) is 2. The summed E-state index contributed by atoms with van der Waals surface area (Å²) < 4.78 is 1.54. The highest BCUT2D eigenvalue weighted by molar-refractivity contribution is 9.11. The topological polar surface area (TPSA) is 72.2 Å². The van der Waals surface area contributed by atoms with Crippen molar-refractivity contribution < 1.29 is 9.59 Å². The average molecular weight is 426 g/mol. The first-order chi connectivity index (χ1) is 10.5. The maximum absolute atomic E-state index is 12.3. The van der Waals surface area contributed by atoms with Gasteiger partial charge >= 0.3 is 0 Å². The smallest absolute Gasteiger partial charge is 0.252 e. The molecule has 1 atom stereocenters. The Morgan fingerprint density at radius 1 is 1.05 bits per heavy atom. The molecule has 3 N–H and O–H groups in total. The zero-order chi connectivity index (χ0) is 16.1. The van der Waals surface area contributed by atoms with E-state index >= 15 is 0 Å². The molecule has 0 spiro atoms. The van der Waals surface area contributed by atoms with Gasteiger partial charge in [-0.2, -0.15) is 0 Å². The minimum Gasteiger partial charge on any atom is -0.368 e. The van der Waals surface area contributed by atoms with Crippen LogP contribution in [0.15, 0.2) is 57.5 Å². The first-order valence-corrected chi connectivity index (χ1v) is 8.14. The van der Waals surface area contributed by atoms with E-state index in [0.717, 1.165) is 14.5 Å². The predicted molar refractivity (Wildman–Crippen MR) is 92.4 cm³/mol. The molecule has 2 amide bonds. The average Bonchev–Trinajstić information content (AvgIpc) is 2.46. The SMILES string of the molecule is NC(=O)[C@@H](Cc1ccccc1)NC(=O)c1cc(Br)cc(Br)c1. The Hall–Kier alpha value is -1.66. The minimum absolute atomic E-state index is 0.346. The number of nitrogens with one attached hydrogen (secondary N) is 1. The normalized spacial score (nSPS) is 11.7. The van der Waals surface area contributed by atoms with Crippen LogP contribution in [0, 0.1) is 0 Å². The number of hydrogen-bond acceptors (Lipinski definition) is 2. The van der Waals surface area contributed by atoms with Gasteiger partial charge in [0.25, 0.3) is 5.91 Å². The highest BCUT2D eigenvalue weighted by atomic mass is 79.9. The summed E-state index contributed by atoms with van der Waals surface area (Å²) in [5.74, 6) is -0.909. The van der Waals surface area contributed by atoms with Crippen LogP contribution in [0.2, 0.25) is 0 Å². The van der Waals surface area contributed by atoms with E-state index in [4.69, 9.17) is 5.73 Å². The lowest BCUT2D eigenvalue weighted by molar-refractivity contribution is -0.119. The standard InChI is InChI=1S/C16H14Br2N2O2/c17-12-7-11(8-13(18)9-12)16(22)20-14(15(19)21)6-10-4-2-1-3-5-10/h1-5,7-9,14H,6H2,(H2,19,21)(H,20,22)/t14-/m1/s1. The number of carbonyl (C=O) groups is 2. The maximum Gasteiger partial charge on any atom is 0.252 e. The molecule has 0 aliphatic carbocycles. The van der Waals surface area contributed by atoms with Gasteiger partial charge in [-0.05, 0) is 23.8 Å². The van der Waals surface area contributed by atoms with Gasteiger partial charge in [-0.15, -0.1) is 0 Å². The summed E-state index contributed by atoms with van der Waals surface area (Å²) >= 11 is 6.66. The van der Waals surface area contributed by atoms with Gasteiger partial charge in [-0.25, -0.2) is 0 Å². The van der Waals surface area contributed by atoms with Crippen LogP contribution < -0.4 is 11.1 Å². The summed E-state index contributed by atoms with van der Waals surface area (Å²) in [6.07, 6.45) is 0.358. The van der Waals surface area contributed by atoms with E-state index < -0.39 is 11.9 Å². The third-order valence-electron chi connectivity index (χ3n) is 3.06. The number of primary amides is 1. The second-order valence-corrected chi connectivity index (χ2v) is 6.61. The lowest BCUT2D eigenvalue weighted by Crippen LogP contribution is -2.45. The van der Waals surface area contributed by atoms with Crippen LogP contribution >= 0.6 is 31.9 Å². The molecule has 0 fully saturated rings. The van der Waals surface area contributed by atoms with Crippen molar-refractivity contribution in [1.82, 2.24) is 5.32 Å². The second kappa shape index (κ2) is 7.56. The molecule has 0 bridgehead atoms. The molecule has 0 radical (unpaired) electrons. The summed E-state index contributed by atoms with van der Waals surface area (Å²) in [5.41, 5.74) is 6.78. The van der Waals surface area contributed by atoms with E-state index in [9.17, 15) is 9.59 Å². The summed E-state index contributed by atoms with van der Waals surface area (Å²) in [6.45, 7) is 0. The van der Waals surface area contributed by atoms with Crippen molar-refractivity contribution in [1.29, 1.82) is 0 Å². The number of halogens is 2. The van der Waals surface area contributed by atoms with Crippen molar-refractivity contribution >= 4 is 43.7 Å².